The molecule has 2 aliphatic heterocycles. The molecule has 10 nitrogen and oxygen atoms in total. The molecule has 1 amide bonds. The van der Waals surface area contributed by atoms with Crippen molar-refractivity contribution < 1.29 is 27.9 Å². The minimum atomic E-state index is -0.840. The number of hydrogen-bond acceptors (Lipinski definition) is 9. The number of nitrogens with one attached hydrogen (secondary N) is 2. The fourth-order valence-electron chi connectivity index (χ4n) is 4.87. The average molecular weight is 587 g/mol. The van der Waals surface area contributed by atoms with Crippen molar-refractivity contribution in [2.24, 2.45) is 0 Å². The van der Waals surface area contributed by atoms with E-state index in [0.717, 1.165) is 11.8 Å². The van der Waals surface area contributed by atoms with Crippen molar-refractivity contribution in [2.75, 3.05) is 54.0 Å². The Balaban J connectivity index is 1.46. The summed E-state index contributed by atoms with van der Waals surface area (Å²) < 4.78 is 40.0. The van der Waals surface area contributed by atoms with Crippen LogP contribution < -0.4 is 25.3 Å². The van der Waals surface area contributed by atoms with E-state index < -0.39 is 22.7 Å². The number of carbonyl (C=O) groups excluding carboxylic acids is 1. The number of nitrogens with zero attached hydrogens (tertiary/aromatic N) is 4. The van der Waals surface area contributed by atoms with Crippen LogP contribution in [0.25, 0.3) is 0 Å². The molecule has 0 bridgehead atoms. The van der Waals surface area contributed by atoms with Gasteiger partial charge in [-0.15, -0.1) is 0 Å². The number of carbonyl (C=O) groups is 1. The van der Waals surface area contributed by atoms with E-state index in [4.69, 9.17) is 25.9 Å². The number of benzene rings is 2. The highest BCUT2D eigenvalue weighted by Gasteiger charge is 2.32. The zero-order valence-electron chi connectivity index (χ0n) is 22.5. The van der Waals surface area contributed by atoms with Gasteiger partial charge in [0.1, 0.15) is 34.6 Å². The Labute approximate surface area is 240 Å². The Morgan fingerprint density at radius 3 is 2.80 bits per heavy atom. The topological polar surface area (TPSA) is 101 Å². The molecule has 1 aromatic heterocycles. The number of ether oxygens (including phenoxy) is 2. The van der Waals surface area contributed by atoms with Gasteiger partial charge >= 0.3 is 0 Å². The number of hydrogen-bond donors (Lipinski definition) is 2. The molecule has 3 heterocycles. The molecule has 2 aliphatic rings. The summed E-state index contributed by atoms with van der Waals surface area (Å²) in [6.07, 6.45) is 2.99. The molecule has 2 fully saturated rings. The Kier molecular flexibility index (Phi) is 8.52. The molecule has 0 spiro atoms. The van der Waals surface area contributed by atoms with Gasteiger partial charge in [-0.25, -0.2) is 23.8 Å². The maximum absolute atomic E-state index is 14.8. The van der Waals surface area contributed by atoms with E-state index in [1.165, 1.54) is 23.5 Å². The van der Waals surface area contributed by atoms with Gasteiger partial charge in [0.25, 0.3) is 0 Å². The van der Waals surface area contributed by atoms with Crippen molar-refractivity contribution in [1.29, 1.82) is 0 Å². The van der Waals surface area contributed by atoms with Crippen LogP contribution in [-0.2, 0) is 14.4 Å². The fourth-order valence-corrected chi connectivity index (χ4v) is 5.04. The molecule has 2 atom stereocenters. The standard InChI is InChI=1S/C28H29ClF2N6O4/c1-4-26(38)35-19-11-20(23(39-3)12-22(19)36-8-10-40-16(2)14-36)34-24-13-25(33-15-32-24)37-21(7-9-41-37)17-5-6-18(30)27(29)28(17)31/h4-6,11-13,15-16,21H,1,7-10,14H2,2-3H3,(H,35,38)(H,32,33,34). The molecule has 2 saturated heterocycles. The summed E-state index contributed by atoms with van der Waals surface area (Å²) in [5.41, 5.74) is 2.04. The highest BCUT2D eigenvalue weighted by atomic mass is 35.5. The Bertz CT molecular complexity index is 1460. The third-order valence-corrected chi connectivity index (χ3v) is 7.16. The normalized spacial score (nSPS) is 18.8. The number of aromatic nitrogens is 2. The highest BCUT2D eigenvalue weighted by Crippen LogP contribution is 2.41. The number of morpholine rings is 1. The third-order valence-electron chi connectivity index (χ3n) is 6.81. The molecule has 5 rings (SSSR count). The number of rotatable bonds is 8. The van der Waals surface area contributed by atoms with Gasteiger partial charge in [0.15, 0.2) is 5.82 Å². The molecular formula is C28H29ClF2N6O4. The third kappa shape index (κ3) is 6.04. The lowest BCUT2D eigenvalue weighted by molar-refractivity contribution is -0.111. The molecule has 3 aromatic rings. The first-order chi connectivity index (χ1) is 19.8. The van der Waals surface area contributed by atoms with E-state index >= 15 is 0 Å². The lowest BCUT2D eigenvalue weighted by Crippen LogP contribution is -2.41. The highest BCUT2D eigenvalue weighted by molar-refractivity contribution is 6.31. The molecule has 13 heteroatoms. The van der Waals surface area contributed by atoms with Crippen LogP contribution in [0.5, 0.6) is 5.75 Å². The minimum absolute atomic E-state index is 0.0194. The Morgan fingerprint density at radius 1 is 1.22 bits per heavy atom. The van der Waals surface area contributed by atoms with Crippen molar-refractivity contribution in [2.45, 2.75) is 25.5 Å². The van der Waals surface area contributed by atoms with Gasteiger partial charge < -0.3 is 25.0 Å². The smallest absolute Gasteiger partial charge is 0.247 e. The van der Waals surface area contributed by atoms with Gasteiger partial charge in [0, 0.05) is 37.2 Å². The number of hydroxylamine groups is 1. The summed E-state index contributed by atoms with van der Waals surface area (Å²) in [6, 6.07) is 7.11. The van der Waals surface area contributed by atoms with Crippen LogP contribution in [0.1, 0.15) is 24.9 Å². The number of methoxy groups -OCH3 is 1. The molecule has 2 aromatic carbocycles. The number of anilines is 5. The van der Waals surface area contributed by atoms with Crippen molar-refractivity contribution in [3.05, 3.63) is 71.5 Å². The molecule has 41 heavy (non-hydrogen) atoms. The van der Waals surface area contributed by atoms with E-state index in [1.54, 1.807) is 19.2 Å². The lowest BCUT2D eigenvalue weighted by atomic mass is 10.0. The van der Waals surface area contributed by atoms with Crippen LogP contribution in [0.2, 0.25) is 5.02 Å². The number of halogens is 3. The van der Waals surface area contributed by atoms with E-state index in [9.17, 15) is 13.6 Å². The van der Waals surface area contributed by atoms with E-state index in [1.807, 2.05) is 13.0 Å². The molecule has 0 aliphatic carbocycles. The summed E-state index contributed by atoms with van der Waals surface area (Å²) in [6.45, 7) is 7.67. The van der Waals surface area contributed by atoms with E-state index in [2.05, 4.69) is 32.1 Å². The Hall–Kier alpha value is -4.00. The second-order valence-electron chi connectivity index (χ2n) is 9.50. The molecular weight excluding hydrogens is 558 g/mol. The zero-order chi connectivity index (χ0) is 29.1. The number of amides is 1. The summed E-state index contributed by atoms with van der Waals surface area (Å²) in [5.74, 6) is -0.795. The summed E-state index contributed by atoms with van der Waals surface area (Å²) >= 11 is 5.82. The lowest BCUT2D eigenvalue weighted by Gasteiger charge is -2.34. The summed E-state index contributed by atoms with van der Waals surface area (Å²) in [7, 11) is 1.55. The second-order valence-corrected chi connectivity index (χ2v) is 9.88. The Morgan fingerprint density at radius 2 is 2.05 bits per heavy atom. The van der Waals surface area contributed by atoms with Crippen LogP contribution in [-0.4, -0.2) is 55.4 Å². The fraction of sp³-hybridized carbons (Fsp3) is 0.321. The minimum Gasteiger partial charge on any atom is -0.494 e. The van der Waals surface area contributed by atoms with Crippen LogP contribution in [0, 0.1) is 11.6 Å². The van der Waals surface area contributed by atoms with Gasteiger partial charge in [-0.2, -0.15) is 0 Å². The zero-order valence-corrected chi connectivity index (χ0v) is 23.3. The molecule has 2 N–H and O–H groups in total. The monoisotopic (exact) mass is 586 g/mol. The summed E-state index contributed by atoms with van der Waals surface area (Å²) in [4.78, 5) is 28.8. The molecule has 2 unspecified atom stereocenters. The van der Waals surface area contributed by atoms with Crippen LogP contribution in [0.4, 0.5) is 37.5 Å². The van der Waals surface area contributed by atoms with E-state index in [-0.39, 0.29) is 17.6 Å². The van der Waals surface area contributed by atoms with E-state index in [0.29, 0.717) is 61.5 Å². The predicted octanol–water partition coefficient (Wildman–Crippen LogP) is 5.39. The molecule has 0 radical (unpaired) electrons. The van der Waals surface area contributed by atoms with Crippen molar-refractivity contribution in [1.82, 2.24) is 9.97 Å². The van der Waals surface area contributed by atoms with Gasteiger partial charge in [-0.1, -0.05) is 24.2 Å². The quantitative estimate of drug-likeness (QED) is 0.266. The largest absolute Gasteiger partial charge is 0.494 e. The van der Waals surface area contributed by atoms with Crippen LogP contribution in [0.15, 0.2) is 49.3 Å². The first-order valence-electron chi connectivity index (χ1n) is 13.0. The second kappa shape index (κ2) is 12.2. The SMILES string of the molecule is C=CC(=O)Nc1cc(Nc2cc(N3OCCC3c3ccc(F)c(Cl)c3F)ncn2)c(OC)cc1N1CCOC(C)C1. The van der Waals surface area contributed by atoms with Crippen molar-refractivity contribution in [3.63, 3.8) is 0 Å². The van der Waals surface area contributed by atoms with Crippen molar-refractivity contribution in [3.8, 4) is 5.75 Å². The van der Waals surface area contributed by atoms with Gasteiger partial charge in [0.05, 0.1) is 49.5 Å². The van der Waals surface area contributed by atoms with Gasteiger partial charge in [-0.3, -0.25) is 9.63 Å². The van der Waals surface area contributed by atoms with Gasteiger partial charge in [-0.05, 0) is 25.1 Å². The van der Waals surface area contributed by atoms with Crippen LogP contribution >= 0.6 is 11.6 Å². The average Bonchev–Trinajstić information content (AvgIpc) is 3.46. The predicted molar refractivity (Wildman–Crippen MR) is 152 cm³/mol. The first kappa shape index (κ1) is 28.5. The summed E-state index contributed by atoms with van der Waals surface area (Å²) in [5, 5.41) is 6.98. The van der Waals surface area contributed by atoms with Crippen LogP contribution in [0.3, 0.4) is 0 Å². The first-order valence-corrected chi connectivity index (χ1v) is 13.3. The molecule has 216 valence electrons. The maximum Gasteiger partial charge on any atom is 0.247 e. The maximum atomic E-state index is 14.8. The van der Waals surface area contributed by atoms with Crippen molar-refractivity contribution >= 4 is 46.2 Å². The molecule has 0 saturated carbocycles. The van der Waals surface area contributed by atoms with Gasteiger partial charge in [0.2, 0.25) is 5.91 Å².